The van der Waals surface area contributed by atoms with E-state index in [0.29, 0.717) is 0 Å². The molecule has 14 rings (SSSR count). The lowest BCUT2D eigenvalue weighted by molar-refractivity contribution is 1.10. The monoisotopic (exact) mass is 920 g/mol. The Balaban J connectivity index is 0.947. The lowest BCUT2D eigenvalue weighted by Crippen LogP contribution is -2.03. The summed E-state index contributed by atoms with van der Waals surface area (Å²) < 4.78 is 7.31. The van der Waals surface area contributed by atoms with Crippen molar-refractivity contribution >= 4 is 65.4 Å². The van der Waals surface area contributed by atoms with Gasteiger partial charge in [-0.1, -0.05) is 158 Å². The Labute approximate surface area is 417 Å². The largest absolute Gasteiger partial charge is 0.309 e. The van der Waals surface area contributed by atoms with Crippen LogP contribution in [0, 0.1) is 20.8 Å². The van der Waals surface area contributed by atoms with E-state index in [1.165, 1.54) is 93.2 Å². The standard InChI is InChI=1S/C68H48N4/c1-43-67(48-30-34-52(35-31-48)70-65-36-32-49(46-18-6-4-7-19-46)40-59(65)60-41-50(33-37-66(60)70)47-20-8-5-9-21-47)44(2)69-45(3)68(43)51-38-53(71-61-26-14-10-22-55(61)56-23-11-15-27-62(56)71)42-54(39-51)72-63-28-16-12-24-57(63)58-25-13-17-29-64(58)72/h4-42H,1-3H3. The molecule has 4 nitrogen and oxygen atoms in total. The summed E-state index contributed by atoms with van der Waals surface area (Å²) in [6.07, 6.45) is 0. The zero-order valence-corrected chi connectivity index (χ0v) is 40.3. The lowest BCUT2D eigenvalue weighted by atomic mass is 9.90. The van der Waals surface area contributed by atoms with Gasteiger partial charge in [0.05, 0.1) is 33.1 Å². The van der Waals surface area contributed by atoms with Crippen LogP contribution < -0.4 is 0 Å². The van der Waals surface area contributed by atoms with Crippen molar-refractivity contribution in [2.45, 2.75) is 20.8 Å². The first kappa shape index (κ1) is 41.7. The number of hydrogen-bond acceptors (Lipinski definition) is 1. The molecule has 0 bridgehead atoms. The van der Waals surface area contributed by atoms with Crippen molar-refractivity contribution in [2.24, 2.45) is 0 Å². The van der Waals surface area contributed by atoms with E-state index in [2.05, 4.69) is 271 Å². The Kier molecular flexibility index (Phi) is 9.52. The number of hydrogen-bond donors (Lipinski definition) is 0. The number of fused-ring (bicyclic) bond motifs is 9. The highest BCUT2D eigenvalue weighted by atomic mass is 15.0. The number of nitrogens with zero attached hydrogens (tertiary/aromatic N) is 4. The molecule has 0 amide bonds. The van der Waals surface area contributed by atoms with E-state index in [-0.39, 0.29) is 0 Å². The third-order valence-corrected chi connectivity index (χ3v) is 15.1. The molecule has 0 spiro atoms. The number of aryl methyl sites for hydroxylation is 2. The normalized spacial score (nSPS) is 11.8. The average Bonchev–Trinajstić information content (AvgIpc) is 4.07. The fourth-order valence-corrected chi connectivity index (χ4v) is 12.0. The van der Waals surface area contributed by atoms with Gasteiger partial charge in [-0.05, 0) is 139 Å². The van der Waals surface area contributed by atoms with Crippen molar-refractivity contribution < 1.29 is 0 Å². The molecular formula is C68H48N4. The Morgan fingerprint density at radius 1 is 0.250 bits per heavy atom. The van der Waals surface area contributed by atoms with Gasteiger partial charge in [-0.25, -0.2) is 0 Å². The number of para-hydroxylation sites is 4. The Hall–Kier alpha value is -9.25. The van der Waals surface area contributed by atoms with Gasteiger partial charge in [0.1, 0.15) is 0 Å². The van der Waals surface area contributed by atoms with Crippen molar-refractivity contribution in [3.05, 3.63) is 254 Å². The molecule has 340 valence electrons. The van der Waals surface area contributed by atoms with Crippen molar-refractivity contribution in [3.8, 4) is 61.6 Å². The molecule has 72 heavy (non-hydrogen) atoms. The molecule has 0 N–H and O–H groups in total. The molecule has 4 heterocycles. The maximum Gasteiger partial charge on any atom is 0.0541 e. The van der Waals surface area contributed by atoms with Crippen molar-refractivity contribution in [3.63, 3.8) is 0 Å². The quantitative estimate of drug-likeness (QED) is 0.157. The van der Waals surface area contributed by atoms with Crippen LogP contribution in [0.15, 0.2) is 237 Å². The van der Waals surface area contributed by atoms with E-state index in [9.17, 15) is 0 Å². The molecule has 0 radical (unpaired) electrons. The minimum absolute atomic E-state index is 1.01. The highest BCUT2D eigenvalue weighted by molar-refractivity contribution is 6.13. The molecule has 0 aliphatic rings. The summed E-state index contributed by atoms with van der Waals surface area (Å²) in [7, 11) is 0. The Bertz CT molecular complexity index is 4120. The summed E-state index contributed by atoms with van der Waals surface area (Å²) >= 11 is 0. The smallest absolute Gasteiger partial charge is 0.0541 e. The zero-order chi connectivity index (χ0) is 48.0. The third-order valence-electron chi connectivity index (χ3n) is 15.1. The first-order valence-electron chi connectivity index (χ1n) is 24.9. The summed E-state index contributed by atoms with van der Waals surface area (Å²) in [5.74, 6) is 0. The summed E-state index contributed by atoms with van der Waals surface area (Å²) in [4.78, 5) is 5.37. The number of rotatable bonds is 7. The minimum atomic E-state index is 1.01. The van der Waals surface area contributed by atoms with Gasteiger partial charge in [-0.2, -0.15) is 0 Å². The second-order valence-electron chi connectivity index (χ2n) is 19.2. The molecular weight excluding hydrogens is 873 g/mol. The van der Waals surface area contributed by atoms with Gasteiger partial charge >= 0.3 is 0 Å². The SMILES string of the molecule is Cc1nc(C)c(-c2cc(-n3c4ccccc4c4ccccc43)cc(-n3c4ccccc4c4ccccc43)c2)c(C)c1-c1ccc(-n2c3ccc(-c4ccccc4)cc3c3cc(-c4ccccc4)ccc32)cc1. The zero-order valence-electron chi connectivity index (χ0n) is 40.3. The highest BCUT2D eigenvalue weighted by Gasteiger charge is 2.22. The topological polar surface area (TPSA) is 27.7 Å². The van der Waals surface area contributed by atoms with Gasteiger partial charge in [0.15, 0.2) is 0 Å². The molecule has 0 aliphatic carbocycles. The molecule has 4 heteroatoms. The third kappa shape index (κ3) is 6.49. The van der Waals surface area contributed by atoms with Crippen LogP contribution in [0.4, 0.5) is 0 Å². The summed E-state index contributed by atoms with van der Waals surface area (Å²) in [6, 6.07) is 86.6. The van der Waals surface area contributed by atoms with Crippen LogP contribution in [-0.4, -0.2) is 18.7 Å². The van der Waals surface area contributed by atoms with E-state index in [1.54, 1.807) is 0 Å². The van der Waals surface area contributed by atoms with Gasteiger partial charge < -0.3 is 13.7 Å². The van der Waals surface area contributed by atoms with Crippen LogP contribution in [0.5, 0.6) is 0 Å². The first-order valence-corrected chi connectivity index (χ1v) is 24.9. The molecule has 0 unspecified atom stereocenters. The number of aromatic nitrogens is 4. The summed E-state index contributed by atoms with van der Waals surface area (Å²) in [6.45, 7) is 6.62. The van der Waals surface area contributed by atoms with E-state index in [1.807, 2.05) is 0 Å². The average molecular weight is 921 g/mol. The molecule has 0 saturated heterocycles. The van der Waals surface area contributed by atoms with Crippen molar-refractivity contribution in [2.75, 3.05) is 0 Å². The number of benzene rings is 10. The van der Waals surface area contributed by atoms with E-state index in [0.717, 1.165) is 50.7 Å². The van der Waals surface area contributed by atoms with Crippen LogP contribution >= 0.6 is 0 Å². The van der Waals surface area contributed by atoms with Gasteiger partial charge in [-0.3, -0.25) is 4.98 Å². The van der Waals surface area contributed by atoms with E-state index >= 15 is 0 Å². The maximum absolute atomic E-state index is 5.37. The van der Waals surface area contributed by atoms with E-state index in [4.69, 9.17) is 4.98 Å². The number of pyridine rings is 1. The first-order chi connectivity index (χ1) is 35.5. The predicted molar refractivity (Wildman–Crippen MR) is 303 cm³/mol. The van der Waals surface area contributed by atoms with E-state index < -0.39 is 0 Å². The predicted octanol–water partition coefficient (Wildman–Crippen LogP) is 18.0. The highest BCUT2D eigenvalue weighted by Crippen LogP contribution is 2.43. The van der Waals surface area contributed by atoms with Gasteiger partial charge in [0.2, 0.25) is 0 Å². The van der Waals surface area contributed by atoms with Gasteiger partial charge in [0, 0.05) is 71.9 Å². The molecule has 0 atom stereocenters. The minimum Gasteiger partial charge on any atom is -0.309 e. The van der Waals surface area contributed by atoms with Crippen LogP contribution in [-0.2, 0) is 0 Å². The Morgan fingerprint density at radius 3 is 1.03 bits per heavy atom. The molecule has 14 aromatic rings. The fourth-order valence-electron chi connectivity index (χ4n) is 12.0. The summed E-state index contributed by atoms with van der Waals surface area (Å²) in [5, 5.41) is 7.42. The van der Waals surface area contributed by atoms with Gasteiger partial charge in [0.25, 0.3) is 0 Å². The van der Waals surface area contributed by atoms with Gasteiger partial charge in [-0.15, -0.1) is 0 Å². The van der Waals surface area contributed by atoms with Crippen LogP contribution in [0.2, 0.25) is 0 Å². The van der Waals surface area contributed by atoms with Crippen LogP contribution in [0.25, 0.3) is 127 Å². The molecule has 10 aromatic carbocycles. The van der Waals surface area contributed by atoms with Crippen LogP contribution in [0.1, 0.15) is 17.0 Å². The Morgan fingerprint density at radius 2 is 0.597 bits per heavy atom. The molecule has 0 fully saturated rings. The second-order valence-corrected chi connectivity index (χ2v) is 19.2. The van der Waals surface area contributed by atoms with Crippen molar-refractivity contribution in [1.29, 1.82) is 0 Å². The fraction of sp³-hybridized carbons (Fsp3) is 0.0441. The van der Waals surface area contributed by atoms with Crippen molar-refractivity contribution in [1.82, 2.24) is 18.7 Å². The maximum atomic E-state index is 5.37. The second kappa shape index (κ2) is 16.4. The molecule has 0 aliphatic heterocycles. The lowest BCUT2D eigenvalue weighted by Gasteiger charge is -2.20. The van der Waals surface area contributed by atoms with Crippen LogP contribution in [0.3, 0.4) is 0 Å². The molecule has 4 aromatic heterocycles. The summed E-state index contributed by atoms with van der Waals surface area (Å²) in [5.41, 5.74) is 23.0. The molecule has 0 saturated carbocycles.